The molecule has 0 aliphatic heterocycles. The van der Waals surface area contributed by atoms with Gasteiger partial charge in [-0.05, 0) is 0 Å². The number of rotatable bonds is 0. The van der Waals surface area contributed by atoms with Crippen LogP contribution in [0.3, 0.4) is 0 Å². The Morgan fingerprint density at radius 1 is 0.800 bits per heavy atom. The summed E-state index contributed by atoms with van der Waals surface area (Å²) in [7, 11) is 0. The van der Waals surface area contributed by atoms with Gasteiger partial charge in [0.1, 0.15) is 0 Å². The van der Waals surface area contributed by atoms with Gasteiger partial charge in [0.05, 0.1) is 0 Å². The largest absolute Gasteiger partial charge is 0.344 e. The smallest absolute Gasteiger partial charge is 0 e. The number of hydrogen-bond donors (Lipinski definition) is 2. The molecule has 0 saturated heterocycles. The molecule has 0 unspecified atom stereocenters. The standard InChI is InChI=1S/C2H4.Cu.2H3N/c1-2;;;/h1-2H2;;2*1H3. The van der Waals surface area contributed by atoms with Crippen LogP contribution in [-0.4, -0.2) is 0 Å². The molecule has 0 aliphatic rings. The van der Waals surface area contributed by atoms with Crippen molar-refractivity contribution in [2.45, 2.75) is 0 Å². The summed E-state index contributed by atoms with van der Waals surface area (Å²) in [5.74, 6) is 0. The van der Waals surface area contributed by atoms with Gasteiger partial charge in [-0.2, -0.15) is 0 Å². The van der Waals surface area contributed by atoms with E-state index in [0.29, 0.717) is 0 Å². The van der Waals surface area contributed by atoms with E-state index in [1.54, 1.807) is 0 Å². The Kier molecular flexibility index (Phi) is 17100. The minimum absolute atomic E-state index is 0. The van der Waals surface area contributed by atoms with Gasteiger partial charge in [0.2, 0.25) is 0 Å². The van der Waals surface area contributed by atoms with Crippen molar-refractivity contribution in [1.82, 2.24) is 12.3 Å². The summed E-state index contributed by atoms with van der Waals surface area (Å²) < 4.78 is 0. The molecular formula is C2H10CuN2. The first-order chi connectivity index (χ1) is 1.00. The van der Waals surface area contributed by atoms with Crippen LogP contribution in [0, 0.1) is 0 Å². The van der Waals surface area contributed by atoms with Crippen molar-refractivity contribution in [3.05, 3.63) is 13.2 Å². The zero-order valence-corrected chi connectivity index (χ0v) is 4.07. The molecule has 0 aromatic heterocycles. The molecule has 0 spiro atoms. The summed E-state index contributed by atoms with van der Waals surface area (Å²) in [6.45, 7) is 6.00. The van der Waals surface area contributed by atoms with Gasteiger partial charge in [0.15, 0.2) is 0 Å². The van der Waals surface area contributed by atoms with Gasteiger partial charge in [-0.25, -0.2) is 0 Å². The Morgan fingerprint density at radius 3 is 0.800 bits per heavy atom. The second kappa shape index (κ2) is 1310. The second-order valence-electron chi connectivity index (χ2n) is 0. The molecule has 6 N–H and O–H groups in total. The summed E-state index contributed by atoms with van der Waals surface area (Å²) in [5.41, 5.74) is 0. The van der Waals surface area contributed by atoms with Crippen molar-refractivity contribution in [3.63, 3.8) is 0 Å². The van der Waals surface area contributed by atoms with Crippen LogP contribution in [0.5, 0.6) is 0 Å². The third-order valence-corrected chi connectivity index (χ3v) is 0. The Labute approximate surface area is 43.3 Å². The fourth-order valence-electron chi connectivity index (χ4n) is 0. The van der Waals surface area contributed by atoms with Crippen molar-refractivity contribution >= 4 is 0 Å². The molecule has 3 heteroatoms. The number of hydrogen-bond acceptors (Lipinski definition) is 2. The van der Waals surface area contributed by atoms with Gasteiger partial charge in [0.25, 0.3) is 0 Å². The van der Waals surface area contributed by atoms with E-state index >= 15 is 0 Å². The zero-order valence-electron chi connectivity index (χ0n) is 3.13. The predicted octanol–water partition coefficient (Wildman–Crippen LogP) is 1.12. The Bertz CT molecular complexity index is 7.61. The molecule has 39 valence electrons. The van der Waals surface area contributed by atoms with Crippen LogP contribution in [0.4, 0.5) is 0 Å². The van der Waals surface area contributed by atoms with Crippen LogP contribution in [0.15, 0.2) is 13.2 Å². The second-order valence-corrected chi connectivity index (χ2v) is 0. The van der Waals surface area contributed by atoms with Gasteiger partial charge in [-0.15, -0.1) is 13.2 Å². The summed E-state index contributed by atoms with van der Waals surface area (Å²) >= 11 is 0. The van der Waals surface area contributed by atoms with Crippen molar-refractivity contribution in [3.8, 4) is 0 Å². The van der Waals surface area contributed by atoms with Crippen LogP contribution in [-0.2, 0) is 17.1 Å². The van der Waals surface area contributed by atoms with E-state index in [1.165, 1.54) is 0 Å². The molecule has 0 fully saturated rings. The molecule has 0 rings (SSSR count). The third-order valence-electron chi connectivity index (χ3n) is 0. The minimum atomic E-state index is 0. The van der Waals surface area contributed by atoms with Crippen LogP contribution in [0.25, 0.3) is 0 Å². The molecule has 0 amide bonds. The predicted molar refractivity (Wildman–Crippen MR) is 21.3 cm³/mol. The minimum Gasteiger partial charge on any atom is -0.344 e. The molecule has 0 aliphatic carbocycles. The quantitative estimate of drug-likeness (QED) is 0.376. The van der Waals surface area contributed by atoms with E-state index in [0.717, 1.165) is 0 Å². The average Bonchev–Trinajstić information content (AvgIpc) is 1.00. The van der Waals surface area contributed by atoms with Crippen molar-refractivity contribution in [2.24, 2.45) is 0 Å². The topological polar surface area (TPSA) is 70.0 Å². The van der Waals surface area contributed by atoms with Gasteiger partial charge in [-0.3, -0.25) is 0 Å². The summed E-state index contributed by atoms with van der Waals surface area (Å²) in [6.07, 6.45) is 0. The molecule has 0 atom stereocenters. The fourth-order valence-corrected chi connectivity index (χ4v) is 0. The van der Waals surface area contributed by atoms with Crippen molar-refractivity contribution in [1.29, 1.82) is 0 Å². The molecule has 1 radical (unpaired) electrons. The SMILES string of the molecule is C=C.N.N.[Cu]. The monoisotopic (exact) mass is 125 g/mol. The van der Waals surface area contributed by atoms with Crippen molar-refractivity contribution in [2.75, 3.05) is 0 Å². The zero-order chi connectivity index (χ0) is 2.00. The van der Waals surface area contributed by atoms with Gasteiger partial charge < -0.3 is 12.3 Å². The Morgan fingerprint density at radius 2 is 0.800 bits per heavy atom. The molecule has 5 heavy (non-hydrogen) atoms. The molecule has 2 nitrogen and oxygen atoms in total. The maximum absolute atomic E-state index is 3.00. The van der Waals surface area contributed by atoms with Crippen LogP contribution in [0.2, 0.25) is 0 Å². The van der Waals surface area contributed by atoms with E-state index in [2.05, 4.69) is 13.2 Å². The van der Waals surface area contributed by atoms with E-state index in [9.17, 15) is 0 Å². The molecule has 0 saturated carbocycles. The molecule has 0 aromatic rings. The van der Waals surface area contributed by atoms with Crippen LogP contribution < -0.4 is 12.3 Å². The van der Waals surface area contributed by atoms with Crippen LogP contribution in [0.1, 0.15) is 0 Å². The molecular weight excluding hydrogens is 116 g/mol. The normalized spacial score (nSPS) is 0.800. The Balaban J connectivity index is -0.00000000167. The maximum Gasteiger partial charge on any atom is 0 e. The molecule has 0 bridgehead atoms. The van der Waals surface area contributed by atoms with Crippen molar-refractivity contribution < 1.29 is 17.1 Å². The molecule has 0 heterocycles. The average molecular weight is 126 g/mol. The summed E-state index contributed by atoms with van der Waals surface area (Å²) in [4.78, 5) is 0. The van der Waals surface area contributed by atoms with Gasteiger partial charge >= 0.3 is 0 Å². The molecule has 0 aromatic carbocycles. The summed E-state index contributed by atoms with van der Waals surface area (Å²) in [6, 6.07) is 0. The maximum atomic E-state index is 3.00. The van der Waals surface area contributed by atoms with Crippen LogP contribution >= 0.6 is 0 Å². The first kappa shape index (κ1) is 65.0. The van der Waals surface area contributed by atoms with Gasteiger partial charge in [-0.1, -0.05) is 0 Å². The van der Waals surface area contributed by atoms with E-state index in [4.69, 9.17) is 0 Å². The van der Waals surface area contributed by atoms with E-state index < -0.39 is 0 Å². The van der Waals surface area contributed by atoms with Gasteiger partial charge in [0, 0.05) is 17.1 Å². The first-order valence-electron chi connectivity index (χ1n) is 0.500. The van der Waals surface area contributed by atoms with E-state index in [-0.39, 0.29) is 29.4 Å². The van der Waals surface area contributed by atoms with E-state index in [1.807, 2.05) is 0 Å². The third kappa shape index (κ3) is 616. The summed E-state index contributed by atoms with van der Waals surface area (Å²) in [5, 5.41) is 0. The Hall–Kier alpha value is 0.179. The fraction of sp³-hybridized carbons (Fsp3) is 0. The first-order valence-corrected chi connectivity index (χ1v) is 0.500.